The van der Waals surface area contributed by atoms with E-state index >= 15 is 0 Å². The first-order valence-corrected chi connectivity index (χ1v) is 10.8. The van der Waals surface area contributed by atoms with Crippen LogP contribution in [0.5, 0.6) is 0 Å². The highest BCUT2D eigenvalue weighted by Crippen LogP contribution is 2.31. The molecule has 1 aromatic carbocycles. The van der Waals surface area contributed by atoms with Crippen LogP contribution in [0.3, 0.4) is 0 Å². The predicted octanol–water partition coefficient (Wildman–Crippen LogP) is 4.31. The summed E-state index contributed by atoms with van der Waals surface area (Å²) in [5.41, 5.74) is 1.26. The lowest BCUT2D eigenvalue weighted by atomic mass is 9.94. The van der Waals surface area contributed by atoms with Gasteiger partial charge in [0.05, 0.1) is 15.0 Å². The summed E-state index contributed by atoms with van der Waals surface area (Å²) in [6.07, 6.45) is 6.46. The molecule has 2 heterocycles. The van der Waals surface area contributed by atoms with Crippen LogP contribution < -0.4 is 10.9 Å². The Morgan fingerprint density at radius 3 is 2.79 bits per heavy atom. The summed E-state index contributed by atoms with van der Waals surface area (Å²) >= 11 is 1.36. The van der Waals surface area contributed by atoms with Crippen molar-refractivity contribution in [3.63, 3.8) is 0 Å². The Morgan fingerprint density at radius 2 is 2.00 bits per heavy atom. The number of benzene rings is 1. The van der Waals surface area contributed by atoms with Crippen LogP contribution in [-0.2, 0) is 0 Å². The topological polar surface area (TPSA) is 62.6 Å². The number of carbonyl (C=O) groups excluding carboxylic acids is 1. The van der Waals surface area contributed by atoms with E-state index in [2.05, 4.69) is 17.3 Å². The normalized spacial score (nSPS) is 15.5. The molecule has 0 atom stereocenters. The predicted molar refractivity (Wildman–Crippen MR) is 114 cm³/mol. The zero-order valence-electron chi connectivity index (χ0n) is 16.4. The second-order valence-corrected chi connectivity index (χ2v) is 8.82. The van der Waals surface area contributed by atoms with Crippen LogP contribution in [0, 0.1) is 6.92 Å². The first-order chi connectivity index (χ1) is 13.5. The van der Waals surface area contributed by atoms with Crippen molar-refractivity contribution < 1.29 is 9.21 Å². The minimum Gasteiger partial charge on any atom is -0.422 e. The molecule has 1 amide bonds. The molecule has 5 nitrogen and oxygen atoms in total. The lowest BCUT2D eigenvalue weighted by Crippen LogP contribution is -2.39. The van der Waals surface area contributed by atoms with Crippen molar-refractivity contribution in [2.45, 2.75) is 45.1 Å². The number of nitrogens with one attached hydrogen (secondary N) is 1. The highest BCUT2D eigenvalue weighted by Gasteiger charge is 2.19. The number of rotatable bonds is 5. The van der Waals surface area contributed by atoms with E-state index < -0.39 is 5.63 Å². The number of nitrogens with zero attached hydrogens (tertiary/aromatic N) is 1. The van der Waals surface area contributed by atoms with Gasteiger partial charge in [0.1, 0.15) is 5.58 Å². The molecule has 0 radical (unpaired) electrons. The second kappa shape index (κ2) is 8.05. The fourth-order valence-electron chi connectivity index (χ4n) is 4.06. The molecule has 148 valence electrons. The molecule has 1 N–H and O–H groups in total. The number of amides is 1. The van der Waals surface area contributed by atoms with Crippen LogP contribution >= 0.6 is 11.3 Å². The van der Waals surface area contributed by atoms with Crippen molar-refractivity contribution in [1.82, 2.24) is 10.2 Å². The Hall–Kier alpha value is -2.18. The summed E-state index contributed by atoms with van der Waals surface area (Å²) in [5.74, 6) is -0.126. The minimum absolute atomic E-state index is 0.126. The van der Waals surface area contributed by atoms with E-state index in [1.54, 1.807) is 6.07 Å². The third-order valence-electron chi connectivity index (χ3n) is 5.71. The minimum atomic E-state index is -0.390. The number of likely N-dealkylation sites (N-methyl/N-ethyl adjacent to an activating group) is 1. The summed E-state index contributed by atoms with van der Waals surface area (Å²) in [4.78, 5) is 27.8. The third-order valence-corrected chi connectivity index (χ3v) is 6.87. The number of thiophene rings is 1. The molecule has 0 saturated heterocycles. The summed E-state index contributed by atoms with van der Waals surface area (Å²) in [6.45, 7) is 3.44. The molecule has 1 saturated carbocycles. The molecule has 2 aromatic heterocycles. The molecule has 28 heavy (non-hydrogen) atoms. The van der Waals surface area contributed by atoms with Crippen molar-refractivity contribution >= 4 is 38.3 Å². The van der Waals surface area contributed by atoms with Crippen molar-refractivity contribution in [2.24, 2.45) is 0 Å². The summed E-state index contributed by atoms with van der Waals surface area (Å²) < 4.78 is 6.23. The molecule has 1 aliphatic rings. The lowest BCUT2D eigenvalue weighted by Gasteiger charge is -2.31. The van der Waals surface area contributed by atoms with Gasteiger partial charge < -0.3 is 14.6 Å². The average molecular weight is 399 g/mol. The quantitative estimate of drug-likeness (QED) is 0.651. The molecular formula is C22H26N2O3S. The van der Waals surface area contributed by atoms with Gasteiger partial charge in [-0.15, -0.1) is 11.3 Å². The molecule has 1 fully saturated rings. The van der Waals surface area contributed by atoms with Crippen LogP contribution in [0.4, 0.5) is 0 Å². The van der Waals surface area contributed by atoms with E-state index in [9.17, 15) is 9.59 Å². The van der Waals surface area contributed by atoms with Gasteiger partial charge in [-0.2, -0.15) is 0 Å². The molecule has 4 rings (SSSR count). The van der Waals surface area contributed by atoms with Crippen molar-refractivity contribution in [3.05, 3.63) is 45.1 Å². The molecule has 1 aliphatic carbocycles. The zero-order chi connectivity index (χ0) is 19.7. The van der Waals surface area contributed by atoms with Crippen LogP contribution in [0.15, 0.2) is 33.5 Å². The summed E-state index contributed by atoms with van der Waals surface area (Å²) in [5, 5.41) is 4.37. The molecule has 0 aliphatic heterocycles. The average Bonchev–Trinajstić information content (AvgIpc) is 3.16. The zero-order valence-corrected chi connectivity index (χ0v) is 17.2. The monoisotopic (exact) mass is 398 g/mol. The van der Waals surface area contributed by atoms with Gasteiger partial charge in [0, 0.05) is 24.5 Å². The summed E-state index contributed by atoms with van der Waals surface area (Å²) in [6, 6.07) is 8.02. The second-order valence-electron chi connectivity index (χ2n) is 7.77. The smallest absolute Gasteiger partial charge is 0.345 e. The Bertz CT molecular complexity index is 1060. The molecule has 3 aromatic rings. The number of aryl methyl sites for hydroxylation is 1. The maximum absolute atomic E-state index is 12.6. The Kier molecular flexibility index (Phi) is 5.51. The SMILES string of the molecule is Cc1ccc2oc(=O)c3cc(C(=O)NCCN(C)C4CCCCC4)sc3c2c1. The molecule has 0 unspecified atom stereocenters. The van der Waals surface area contributed by atoms with Gasteiger partial charge in [-0.25, -0.2) is 4.79 Å². The van der Waals surface area contributed by atoms with Crippen molar-refractivity contribution in [1.29, 1.82) is 0 Å². The molecule has 0 bridgehead atoms. The number of hydrogen-bond acceptors (Lipinski definition) is 5. The highest BCUT2D eigenvalue weighted by molar-refractivity contribution is 7.21. The fourth-order valence-corrected chi connectivity index (χ4v) is 5.14. The first-order valence-electron chi connectivity index (χ1n) is 9.98. The van der Waals surface area contributed by atoms with Gasteiger partial charge in [-0.1, -0.05) is 30.9 Å². The lowest BCUT2D eigenvalue weighted by molar-refractivity contribution is 0.0948. The Morgan fingerprint density at radius 1 is 1.21 bits per heavy atom. The van der Waals surface area contributed by atoms with Gasteiger partial charge in [0.25, 0.3) is 5.91 Å². The van der Waals surface area contributed by atoms with Gasteiger partial charge in [-0.05, 0) is 45.0 Å². The standard InChI is InChI=1S/C22H26N2O3S/c1-14-8-9-18-16(12-14)20-17(22(26)27-18)13-19(28-20)21(25)23-10-11-24(2)15-6-4-3-5-7-15/h8-9,12-13,15H,3-7,10-11H2,1-2H3,(H,23,25). The van der Waals surface area contributed by atoms with E-state index in [4.69, 9.17) is 4.42 Å². The molecule has 6 heteroatoms. The van der Waals surface area contributed by atoms with Gasteiger partial charge >= 0.3 is 5.63 Å². The van der Waals surface area contributed by atoms with E-state index in [1.165, 1.54) is 43.4 Å². The third kappa shape index (κ3) is 3.84. The number of fused-ring (bicyclic) bond motifs is 3. The maximum Gasteiger partial charge on any atom is 0.345 e. The molecule has 0 spiro atoms. The Labute approximate surface area is 168 Å². The van der Waals surface area contributed by atoms with E-state index in [-0.39, 0.29) is 5.91 Å². The van der Waals surface area contributed by atoms with Crippen molar-refractivity contribution in [3.8, 4) is 0 Å². The number of carbonyl (C=O) groups is 1. The summed E-state index contributed by atoms with van der Waals surface area (Å²) in [7, 11) is 2.14. The van der Waals surface area contributed by atoms with E-state index in [0.717, 1.165) is 22.2 Å². The van der Waals surface area contributed by atoms with Crippen LogP contribution in [0.25, 0.3) is 21.1 Å². The Balaban J connectivity index is 1.48. The van der Waals surface area contributed by atoms with Gasteiger partial charge in [0.2, 0.25) is 0 Å². The van der Waals surface area contributed by atoms with E-state index in [0.29, 0.717) is 28.4 Å². The highest BCUT2D eigenvalue weighted by atomic mass is 32.1. The molecular weight excluding hydrogens is 372 g/mol. The van der Waals surface area contributed by atoms with Crippen LogP contribution in [0.1, 0.15) is 47.3 Å². The van der Waals surface area contributed by atoms with Gasteiger partial charge in [-0.3, -0.25) is 4.79 Å². The van der Waals surface area contributed by atoms with E-state index in [1.807, 2.05) is 25.1 Å². The van der Waals surface area contributed by atoms with Crippen LogP contribution in [-0.4, -0.2) is 37.0 Å². The van der Waals surface area contributed by atoms with Crippen LogP contribution in [0.2, 0.25) is 0 Å². The van der Waals surface area contributed by atoms with Crippen molar-refractivity contribution in [2.75, 3.05) is 20.1 Å². The maximum atomic E-state index is 12.6. The van der Waals surface area contributed by atoms with Gasteiger partial charge in [0.15, 0.2) is 0 Å². The number of hydrogen-bond donors (Lipinski definition) is 1. The first kappa shape index (κ1) is 19.2. The fraction of sp³-hybridized carbons (Fsp3) is 0.455. The largest absolute Gasteiger partial charge is 0.422 e.